The van der Waals surface area contributed by atoms with Crippen LogP contribution in [0.5, 0.6) is 0 Å². The van der Waals surface area contributed by atoms with Crippen LogP contribution in [0.4, 0.5) is 5.82 Å². The van der Waals surface area contributed by atoms with E-state index in [1.54, 1.807) is 6.20 Å². The molecule has 5 nitrogen and oxygen atoms in total. The second-order valence-electron chi connectivity index (χ2n) is 4.04. The lowest BCUT2D eigenvalue weighted by Gasteiger charge is -1.98. The quantitative estimate of drug-likeness (QED) is 0.687. The molecule has 86 valence electrons. The van der Waals surface area contributed by atoms with E-state index in [4.69, 9.17) is 5.73 Å². The van der Waals surface area contributed by atoms with Crippen molar-refractivity contribution in [2.24, 2.45) is 7.05 Å². The van der Waals surface area contributed by atoms with E-state index in [2.05, 4.69) is 10.1 Å². The molecule has 0 aliphatic heterocycles. The molecule has 3 rings (SSSR count). The van der Waals surface area contributed by atoms with Crippen molar-refractivity contribution in [2.75, 3.05) is 5.73 Å². The number of pyridine rings is 1. The number of nitrogen functional groups attached to an aromatic ring is 1. The van der Waals surface area contributed by atoms with Crippen molar-refractivity contribution in [3.8, 4) is 11.3 Å². The van der Waals surface area contributed by atoms with E-state index < -0.39 is 0 Å². The molecule has 0 saturated carbocycles. The summed E-state index contributed by atoms with van der Waals surface area (Å²) in [6.45, 7) is 2.01. The molecule has 0 atom stereocenters. The SMILES string of the molecule is Cc1c(-c2nc3ccccn3c2N)cnn1C. The molecule has 0 fully saturated rings. The number of fused-ring (bicyclic) bond motifs is 1. The van der Waals surface area contributed by atoms with E-state index >= 15 is 0 Å². The molecule has 2 N–H and O–H groups in total. The summed E-state index contributed by atoms with van der Waals surface area (Å²) in [6, 6.07) is 5.82. The van der Waals surface area contributed by atoms with Crippen molar-refractivity contribution in [1.29, 1.82) is 0 Å². The van der Waals surface area contributed by atoms with Gasteiger partial charge in [-0.05, 0) is 19.1 Å². The normalized spacial score (nSPS) is 11.2. The number of nitrogens with zero attached hydrogens (tertiary/aromatic N) is 4. The minimum absolute atomic E-state index is 0.650. The highest BCUT2D eigenvalue weighted by atomic mass is 15.3. The molecule has 0 saturated heterocycles. The highest BCUT2D eigenvalue weighted by Crippen LogP contribution is 2.28. The zero-order valence-electron chi connectivity index (χ0n) is 9.75. The Morgan fingerprint density at radius 2 is 2.12 bits per heavy atom. The Morgan fingerprint density at radius 1 is 1.29 bits per heavy atom. The van der Waals surface area contributed by atoms with Gasteiger partial charge < -0.3 is 5.73 Å². The third-order valence-electron chi connectivity index (χ3n) is 3.06. The largest absolute Gasteiger partial charge is 0.383 e. The summed E-state index contributed by atoms with van der Waals surface area (Å²) in [4.78, 5) is 4.54. The Hall–Kier alpha value is -2.30. The van der Waals surface area contributed by atoms with Crippen molar-refractivity contribution in [1.82, 2.24) is 19.2 Å². The Morgan fingerprint density at radius 3 is 2.76 bits per heavy atom. The zero-order chi connectivity index (χ0) is 12.0. The van der Waals surface area contributed by atoms with Crippen molar-refractivity contribution in [3.05, 3.63) is 36.3 Å². The summed E-state index contributed by atoms with van der Waals surface area (Å²) in [7, 11) is 1.91. The fourth-order valence-electron chi connectivity index (χ4n) is 1.94. The number of aromatic nitrogens is 4. The second-order valence-corrected chi connectivity index (χ2v) is 4.04. The first-order chi connectivity index (χ1) is 8.18. The van der Waals surface area contributed by atoms with Crippen LogP contribution < -0.4 is 5.73 Å². The summed E-state index contributed by atoms with van der Waals surface area (Å²) in [5.41, 5.74) is 9.79. The van der Waals surface area contributed by atoms with E-state index in [0.717, 1.165) is 22.6 Å². The van der Waals surface area contributed by atoms with Gasteiger partial charge in [-0.3, -0.25) is 9.08 Å². The third-order valence-corrected chi connectivity index (χ3v) is 3.06. The topological polar surface area (TPSA) is 61.1 Å². The second kappa shape index (κ2) is 3.35. The van der Waals surface area contributed by atoms with Gasteiger partial charge in [-0.15, -0.1) is 0 Å². The lowest BCUT2D eigenvalue weighted by Crippen LogP contribution is -1.95. The number of nitrogens with two attached hydrogens (primary N) is 1. The lowest BCUT2D eigenvalue weighted by atomic mass is 10.2. The van der Waals surface area contributed by atoms with Crippen LogP contribution in [0.2, 0.25) is 0 Å². The van der Waals surface area contributed by atoms with Gasteiger partial charge in [0.2, 0.25) is 0 Å². The van der Waals surface area contributed by atoms with Gasteiger partial charge in [-0.2, -0.15) is 5.10 Å². The van der Waals surface area contributed by atoms with Crippen LogP contribution in [0.25, 0.3) is 16.9 Å². The smallest absolute Gasteiger partial charge is 0.139 e. The third kappa shape index (κ3) is 1.32. The van der Waals surface area contributed by atoms with Crippen molar-refractivity contribution in [3.63, 3.8) is 0 Å². The van der Waals surface area contributed by atoms with E-state index in [1.807, 2.05) is 47.4 Å². The van der Waals surface area contributed by atoms with Crippen LogP contribution >= 0.6 is 0 Å². The van der Waals surface area contributed by atoms with Crippen LogP contribution in [0.15, 0.2) is 30.6 Å². The lowest BCUT2D eigenvalue weighted by molar-refractivity contribution is 0.740. The highest BCUT2D eigenvalue weighted by molar-refractivity contribution is 5.75. The van der Waals surface area contributed by atoms with Gasteiger partial charge in [0.05, 0.1) is 6.20 Å². The Labute approximate surface area is 98.5 Å². The Kier molecular flexibility index (Phi) is 1.95. The molecule has 3 aromatic heterocycles. The maximum atomic E-state index is 6.11. The van der Waals surface area contributed by atoms with Gasteiger partial charge in [0.1, 0.15) is 17.2 Å². The maximum absolute atomic E-state index is 6.11. The van der Waals surface area contributed by atoms with Crippen molar-refractivity contribution >= 4 is 11.5 Å². The Bertz CT molecular complexity index is 692. The molecule has 0 bridgehead atoms. The molecule has 0 radical (unpaired) electrons. The first-order valence-corrected chi connectivity index (χ1v) is 5.40. The molecule has 3 heterocycles. The fraction of sp³-hybridized carbons (Fsp3) is 0.167. The van der Waals surface area contributed by atoms with Crippen molar-refractivity contribution < 1.29 is 0 Å². The van der Waals surface area contributed by atoms with Gasteiger partial charge >= 0.3 is 0 Å². The molecular weight excluding hydrogens is 214 g/mol. The number of imidazole rings is 1. The Balaban J connectivity index is 2.31. The van der Waals surface area contributed by atoms with Gasteiger partial charge in [-0.25, -0.2) is 4.98 Å². The summed E-state index contributed by atoms with van der Waals surface area (Å²) >= 11 is 0. The van der Waals surface area contributed by atoms with E-state index in [0.29, 0.717) is 5.82 Å². The van der Waals surface area contributed by atoms with E-state index in [1.165, 1.54) is 0 Å². The van der Waals surface area contributed by atoms with Gasteiger partial charge in [0.15, 0.2) is 0 Å². The monoisotopic (exact) mass is 227 g/mol. The minimum atomic E-state index is 0.650. The van der Waals surface area contributed by atoms with Crippen molar-refractivity contribution in [2.45, 2.75) is 6.92 Å². The van der Waals surface area contributed by atoms with Gasteiger partial charge in [0.25, 0.3) is 0 Å². The van der Waals surface area contributed by atoms with Crippen LogP contribution in [0, 0.1) is 6.92 Å². The van der Waals surface area contributed by atoms with E-state index in [-0.39, 0.29) is 0 Å². The molecule has 0 unspecified atom stereocenters. The van der Waals surface area contributed by atoms with Gasteiger partial charge in [-0.1, -0.05) is 6.07 Å². The zero-order valence-corrected chi connectivity index (χ0v) is 9.75. The average Bonchev–Trinajstić information content (AvgIpc) is 2.83. The van der Waals surface area contributed by atoms with Crippen LogP contribution in [-0.4, -0.2) is 19.2 Å². The first kappa shape index (κ1) is 9.89. The molecule has 0 amide bonds. The molecule has 5 heteroatoms. The van der Waals surface area contributed by atoms with Gasteiger partial charge in [0, 0.05) is 24.5 Å². The molecule has 3 aromatic rings. The molecule has 0 aromatic carbocycles. The number of aryl methyl sites for hydroxylation is 1. The summed E-state index contributed by atoms with van der Waals surface area (Å²) in [5.74, 6) is 0.650. The van der Waals surface area contributed by atoms with E-state index in [9.17, 15) is 0 Å². The molecule has 0 spiro atoms. The fourth-order valence-corrected chi connectivity index (χ4v) is 1.94. The number of rotatable bonds is 1. The highest BCUT2D eigenvalue weighted by Gasteiger charge is 2.15. The maximum Gasteiger partial charge on any atom is 0.139 e. The number of anilines is 1. The average molecular weight is 227 g/mol. The summed E-state index contributed by atoms with van der Waals surface area (Å²) in [6.07, 6.45) is 3.71. The molecular formula is C12H13N5. The predicted molar refractivity (Wildman–Crippen MR) is 66.5 cm³/mol. The molecule has 0 aliphatic rings. The standard InChI is InChI=1S/C12H13N5/c1-8-9(7-14-16(8)2)11-12(13)17-6-4-3-5-10(17)15-11/h3-7H,13H2,1-2H3. The first-order valence-electron chi connectivity index (χ1n) is 5.40. The van der Waals surface area contributed by atoms with Crippen LogP contribution in [0.3, 0.4) is 0 Å². The molecule has 0 aliphatic carbocycles. The number of hydrogen-bond donors (Lipinski definition) is 1. The van der Waals surface area contributed by atoms with Crippen LogP contribution in [-0.2, 0) is 7.05 Å². The molecule has 17 heavy (non-hydrogen) atoms. The summed E-state index contributed by atoms with van der Waals surface area (Å²) < 4.78 is 3.70. The minimum Gasteiger partial charge on any atom is -0.383 e. The number of hydrogen-bond acceptors (Lipinski definition) is 3. The van der Waals surface area contributed by atoms with Crippen LogP contribution in [0.1, 0.15) is 5.69 Å². The summed E-state index contributed by atoms with van der Waals surface area (Å²) in [5, 5.41) is 4.22. The predicted octanol–water partition coefficient (Wildman–Crippen LogP) is 1.63.